The van der Waals surface area contributed by atoms with E-state index in [9.17, 15) is 0 Å². The molecule has 1 fully saturated rings. The second-order valence-corrected chi connectivity index (χ2v) is 6.11. The zero-order valence-corrected chi connectivity index (χ0v) is 12.5. The van der Waals surface area contributed by atoms with Crippen molar-refractivity contribution in [3.63, 3.8) is 0 Å². The van der Waals surface area contributed by atoms with Crippen LogP contribution in [-0.2, 0) is 10.4 Å². The van der Waals surface area contributed by atoms with E-state index in [1.165, 1.54) is 23.8 Å². The molecule has 3 rings (SSSR count). The maximum atomic E-state index is 8.74. The molecular weight excluding hydrogens is 294 g/mol. The summed E-state index contributed by atoms with van der Waals surface area (Å²) in [5.74, 6) is 0.653. The summed E-state index contributed by atoms with van der Waals surface area (Å²) in [4.78, 5) is 0. The number of fused-ring (bicyclic) bond motifs is 1. The molecule has 6 nitrogen and oxygen atoms in total. The molecule has 1 aromatic carbocycles. The second kappa shape index (κ2) is 6.57. The van der Waals surface area contributed by atoms with Gasteiger partial charge in [-0.1, -0.05) is 18.2 Å². The van der Waals surface area contributed by atoms with Crippen LogP contribution in [0.3, 0.4) is 0 Å². The summed E-state index contributed by atoms with van der Waals surface area (Å²) in [5, 5.41) is 4.78. The molecule has 2 aromatic rings. The normalized spacial score (nSPS) is 22.6. The zero-order valence-electron chi connectivity index (χ0n) is 11.7. The third kappa shape index (κ3) is 4.82. The molecule has 3 N–H and O–H groups in total. The van der Waals surface area contributed by atoms with Crippen molar-refractivity contribution >= 4 is 21.4 Å². The summed E-state index contributed by atoms with van der Waals surface area (Å²) in [6.07, 6.45) is 4.38. The molecule has 1 saturated heterocycles. The molecule has 21 heavy (non-hydrogen) atoms. The Kier molecular flexibility index (Phi) is 5.00. The van der Waals surface area contributed by atoms with E-state index >= 15 is 0 Å². The van der Waals surface area contributed by atoms with Gasteiger partial charge in [0.15, 0.2) is 0 Å². The van der Waals surface area contributed by atoms with Gasteiger partial charge < -0.3 is 9.73 Å². The Morgan fingerprint density at radius 1 is 1.29 bits per heavy atom. The van der Waals surface area contributed by atoms with Crippen molar-refractivity contribution in [3.05, 3.63) is 36.1 Å². The average molecular weight is 313 g/mol. The Bertz CT molecular complexity index is 686. The number of hydrogen-bond donors (Lipinski definition) is 3. The van der Waals surface area contributed by atoms with Crippen LogP contribution in [-0.4, -0.2) is 30.1 Å². The Morgan fingerprint density at radius 2 is 1.95 bits per heavy atom. The molecule has 0 radical (unpaired) electrons. The molecule has 0 spiro atoms. The first kappa shape index (κ1) is 16.0. The molecule has 1 aliphatic rings. The summed E-state index contributed by atoms with van der Waals surface area (Å²) in [6.45, 7) is 3.37. The van der Waals surface area contributed by atoms with Crippen molar-refractivity contribution < 1.29 is 21.9 Å². The third-order valence-corrected chi connectivity index (χ3v) is 3.57. The lowest BCUT2D eigenvalue weighted by Gasteiger charge is -2.27. The number of benzene rings is 1. The average Bonchev–Trinajstić information content (AvgIpc) is 2.80. The van der Waals surface area contributed by atoms with E-state index < -0.39 is 10.4 Å². The highest BCUT2D eigenvalue weighted by atomic mass is 32.3. The highest BCUT2D eigenvalue weighted by Crippen LogP contribution is 2.33. The topological polar surface area (TPSA) is 99.8 Å². The van der Waals surface area contributed by atoms with Gasteiger partial charge >= 0.3 is 10.4 Å². The van der Waals surface area contributed by atoms with Gasteiger partial charge in [0, 0.05) is 17.0 Å². The fourth-order valence-electron chi connectivity index (χ4n) is 2.73. The molecule has 0 saturated carbocycles. The number of piperidine rings is 1. The van der Waals surface area contributed by atoms with Crippen molar-refractivity contribution in [2.24, 2.45) is 0 Å². The fourth-order valence-corrected chi connectivity index (χ4v) is 2.73. The SMILES string of the molecule is CC1CC(c2coc3ccccc23)CCN1.O=S(=O)(O)O. The van der Waals surface area contributed by atoms with Crippen molar-refractivity contribution in [2.45, 2.75) is 31.7 Å². The van der Waals surface area contributed by atoms with Crippen molar-refractivity contribution in [1.82, 2.24) is 5.32 Å². The number of nitrogens with one attached hydrogen (secondary N) is 1. The second-order valence-electron chi connectivity index (χ2n) is 5.21. The molecule has 1 aliphatic heterocycles. The molecule has 0 amide bonds. The summed E-state index contributed by atoms with van der Waals surface area (Å²) < 4.78 is 37.2. The molecule has 2 atom stereocenters. The van der Waals surface area contributed by atoms with Crippen molar-refractivity contribution in [1.29, 1.82) is 0 Å². The maximum Gasteiger partial charge on any atom is 0.394 e. The lowest BCUT2D eigenvalue weighted by atomic mass is 9.87. The largest absolute Gasteiger partial charge is 0.464 e. The van der Waals surface area contributed by atoms with Gasteiger partial charge in [0.25, 0.3) is 0 Å². The minimum Gasteiger partial charge on any atom is -0.464 e. The Morgan fingerprint density at radius 3 is 2.62 bits per heavy atom. The molecule has 116 valence electrons. The molecule has 7 heteroatoms. The molecule has 2 unspecified atom stereocenters. The first-order valence-corrected chi connectivity index (χ1v) is 8.13. The Labute approximate surface area is 123 Å². The van der Waals surface area contributed by atoms with Gasteiger partial charge in [-0.05, 0) is 38.3 Å². The van der Waals surface area contributed by atoms with Crippen LogP contribution in [0.4, 0.5) is 0 Å². The van der Waals surface area contributed by atoms with E-state index in [0.29, 0.717) is 12.0 Å². The van der Waals surface area contributed by atoms with Gasteiger partial charge in [-0.2, -0.15) is 8.42 Å². The van der Waals surface area contributed by atoms with E-state index in [0.717, 1.165) is 12.1 Å². The van der Waals surface area contributed by atoms with Crippen LogP contribution in [0, 0.1) is 0 Å². The lowest BCUT2D eigenvalue weighted by Crippen LogP contribution is -2.34. The predicted molar refractivity (Wildman–Crippen MR) is 79.8 cm³/mol. The predicted octanol–water partition coefficient (Wildman–Crippen LogP) is 2.64. The zero-order chi connectivity index (χ0) is 15.5. The van der Waals surface area contributed by atoms with Crippen LogP contribution in [0.1, 0.15) is 31.2 Å². The number of furan rings is 1. The van der Waals surface area contributed by atoms with E-state index in [4.69, 9.17) is 21.9 Å². The van der Waals surface area contributed by atoms with Crippen molar-refractivity contribution in [3.8, 4) is 0 Å². The lowest BCUT2D eigenvalue weighted by molar-refractivity contribution is 0.380. The van der Waals surface area contributed by atoms with Crippen LogP contribution in [0.25, 0.3) is 11.0 Å². The van der Waals surface area contributed by atoms with Gasteiger partial charge in [-0.25, -0.2) is 0 Å². The van der Waals surface area contributed by atoms with Gasteiger partial charge in [0.2, 0.25) is 0 Å². The smallest absolute Gasteiger partial charge is 0.394 e. The van der Waals surface area contributed by atoms with Gasteiger partial charge in [0.1, 0.15) is 5.58 Å². The standard InChI is InChI=1S/C14H17NO.H2O4S/c1-10-8-11(6-7-15-10)13-9-16-14-5-3-2-4-12(13)14;1-5(2,3)4/h2-5,9-11,15H,6-8H2,1H3;(H2,1,2,3,4). The summed E-state index contributed by atoms with van der Waals surface area (Å²) in [7, 11) is -4.67. The number of rotatable bonds is 1. The van der Waals surface area contributed by atoms with Crippen LogP contribution in [0.2, 0.25) is 0 Å². The summed E-state index contributed by atoms with van der Waals surface area (Å²) in [6, 6.07) is 8.95. The minimum atomic E-state index is -4.67. The Balaban J connectivity index is 0.000000282. The van der Waals surface area contributed by atoms with Crippen LogP contribution in [0.5, 0.6) is 0 Å². The van der Waals surface area contributed by atoms with Crippen LogP contribution in [0.15, 0.2) is 34.9 Å². The van der Waals surface area contributed by atoms with Crippen molar-refractivity contribution in [2.75, 3.05) is 6.54 Å². The van der Waals surface area contributed by atoms with E-state index in [2.05, 4.69) is 24.4 Å². The van der Waals surface area contributed by atoms with Gasteiger partial charge in [-0.3, -0.25) is 9.11 Å². The molecule has 1 aromatic heterocycles. The molecule has 0 aliphatic carbocycles. The molecule has 2 heterocycles. The third-order valence-electron chi connectivity index (χ3n) is 3.57. The number of hydrogen-bond acceptors (Lipinski definition) is 4. The fraction of sp³-hybridized carbons (Fsp3) is 0.429. The first-order chi connectivity index (χ1) is 9.84. The van der Waals surface area contributed by atoms with Crippen LogP contribution >= 0.6 is 0 Å². The number of para-hydroxylation sites is 1. The van der Waals surface area contributed by atoms with E-state index in [-0.39, 0.29) is 0 Å². The van der Waals surface area contributed by atoms with Gasteiger partial charge in [-0.15, -0.1) is 0 Å². The summed E-state index contributed by atoms with van der Waals surface area (Å²) in [5.41, 5.74) is 2.41. The molecule has 0 bridgehead atoms. The Hall–Kier alpha value is -1.41. The van der Waals surface area contributed by atoms with Crippen LogP contribution < -0.4 is 5.32 Å². The molecular formula is C14H19NO5S. The van der Waals surface area contributed by atoms with E-state index in [1.807, 2.05) is 18.4 Å². The highest BCUT2D eigenvalue weighted by Gasteiger charge is 2.22. The maximum absolute atomic E-state index is 8.74. The quantitative estimate of drug-likeness (QED) is 0.700. The monoisotopic (exact) mass is 313 g/mol. The van der Waals surface area contributed by atoms with Gasteiger partial charge in [0.05, 0.1) is 6.26 Å². The van der Waals surface area contributed by atoms with E-state index in [1.54, 1.807) is 0 Å². The first-order valence-electron chi connectivity index (χ1n) is 6.74. The minimum absolute atomic E-state index is 0.618. The summed E-state index contributed by atoms with van der Waals surface area (Å²) >= 11 is 0. The highest BCUT2D eigenvalue weighted by molar-refractivity contribution is 7.79.